The first-order valence-electron chi connectivity index (χ1n) is 5.93. The highest BCUT2D eigenvalue weighted by Gasteiger charge is 2.14. The Morgan fingerprint density at radius 3 is 3.11 bits per heavy atom. The average Bonchev–Trinajstić information content (AvgIpc) is 2.99. The van der Waals surface area contributed by atoms with Crippen molar-refractivity contribution in [2.24, 2.45) is 0 Å². The molecule has 2 heterocycles. The largest absolute Gasteiger partial charge is 0.496 e. The molecule has 0 bridgehead atoms. The molecule has 18 heavy (non-hydrogen) atoms. The quantitative estimate of drug-likeness (QED) is 0.873. The van der Waals surface area contributed by atoms with Gasteiger partial charge in [0.15, 0.2) is 0 Å². The molecule has 0 saturated carbocycles. The van der Waals surface area contributed by atoms with Gasteiger partial charge in [-0.3, -0.25) is 4.79 Å². The number of carbonyl (C=O) groups is 1. The first-order chi connectivity index (χ1) is 8.29. The van der Waals surface area contributed by atoms with Crippen LogP contribution >= 0.6 is 23.7 Å². The zero-order valence-electron chi connectivity index (χ0n) is 10.4. The van der Waals surface area contributed by atoms with Crippen LogP contribution in [-0.2, 0) is 0 Å². The molecular formula is C12H19ClN2O2S. The van der Waals surface area contributed by atoms with Crippen molar-refractivity contribution in [3.05, 3.63) is 16.3 Å². The molecule has 1 saturated heterocycles. The smallest absolute Gasteiger partial charge is 0.261 e. The third kappa shape index (κ3) is 4.15. The minimum atomic E-state index is -0.00343. The lowest BCUT2D eigenvalue weighted by molar-refractivity contribution is 0.0956. The summed E-state index contributed by atoms with van der Waals surface area (Å²) >= 11 is 1.41. The normalized spacial score (nSPS) is 18.2. The molecular weight excluding hydrogens is 272 g/mol. The molecule has 0 radical (unpaired) electrons. The van der Waals surface area contributed by atoms with Gasteiger partial charge in [-0.05, 0) is 25.8 Å². The maximum atomic E-state index is 11.8. The highest BCUT2D eigenvalue weighted by molar-refractivity contribution is 7.12. The summed E-state index contributed by atoms with van der Waals surface area (Å²) in [5.41, 5.74) is 0. The molecule has 0 spiro atoms. The van der Waals surface area contributed by atoms with Crippen LogP contribution in [0.5, 0.6) is 5.75 Å². The van der Waals surface area contributed by atoms with E-state index in [4.69, 9.17) is 4.74 Å². The number of nitrogens with one attached hydrogen (secondary N) is 2. The van der Waals surface area contributed by atoms with E-state index in [1.54, 1.807) is 13.2 Å². The van der Waals surface area contributed by atoms with Crippen LogP contribution in [0.4, 0.5) is 0 Å². The summed E-state index contributed by atoms with van der Waals surface area (Å²) in [5.74, 6) is 0.744. The second-order valence-corrected chi connectivity index (χ2v) is 5.10. The molecule has 0 aromatic carbocycles. The van der Waals surface area contributed by atoms with E-state index in [-0.39, 0.29) is 18.3 Å². The summed E-state index contributed by atoms with van der Waals surface area (Å²) in [6, 6.07) is 2.35. The Hall–Kier alpha value is -0.780. The van der Waals surface area contributed by atoms with Gasteiger partial charge in [0.2, 0.25) is 0 Å². The number of carbonyl (C=O) groups excluding carboxylic acids is 1. The molecule has 4 nitrogen and oxygen atoms in total. The number of hydrogen-bond donors (Lipinski definition) is 2. The van der Waals surface area contributed by atoms with Gasteiger partial charge in [-0.1, -0.05) is 0 Å². The molecule has 1 aromatic rings. The van der Waals surface area contributed by atoms with E-state index in [2.05, 4.69) is 10.6 Å². The van der Waals surface area contributed by atoms with Crippen molar-refractivity contribution in [1.29, 1.82) is 0 Å². The molecule has 1 amide bonds. The maximum Gasteiger partial charge on any atom is 0.261 e. The predicted octanol–water partition coefficient (Wildman–Crippen LogP) is 2.05. The second-order valence-electron chi connectivity index (χ2n) is 4.19. The minimum absolute atomic E-state index is 0. The number of halogens is 1. The van der Waals surface area contributed by atoms with Crippen molar-refractivity contribution in [2.45, 2.75) is 25.3 Å². The Morgan fingerprint density at radius 1 is 1.67 bits per heavy atom. The van der Waals surface area contributed by atoms with E-state index in [9.17, 15) is 4.79 Å². The predicted molar refractivity (Wildman–Crippen MR) is 76.1 cm³/mol. The first kappa shape index (κ1) is 15.3. The van der Waals surface area contributed by atoms with E-state index >= 15 is 0 Å². The molecule has 1 fully saturated rings. The molecule has 1 aromatic heterocycles. The lowest BCUT2D eigenvalue weighted by Crippen LogP contribution is -2.30. The van der Waals surface area contributed by atoms with Crippen LogP contribution in [0.2, 0.25) is 0 Å². The Balaban J connectivity index is 0.00000162. The fraction of sp³-hybridized carbons (Fsp3) is 0.583. The average molecular weight is 291 g/mol. The van der Waals surface area contributed by atoms with Crippen LogP contribution < -0.4 is 15.4 Å². The Bertz CT molecular complexity index is 378. The summed E-state index contributed by atoms with van der Waals surface area (Å²) in [4.78, 5) is 12.5. The van der Waals surface area contributed by atoms with Crippen LogP contribution in [0, 0.1) is 0 Å². The monoisotopic (exact) mass is 290 g/mol. The highest BCUT2D eigenvalue weighted by atomic mass is 35.5. The number of methoxy groups -OCH3 is 1. The van der Waals surface area contributed by atoms with Crippen molar-refractivity contribution in [2.75, 3.05) is 20.2 Å². The van der Waals surface area contributed by atoms with Gasteiger partial charge in [-0.25, -0.2) is 0 Å². The maximum absolute atomic E-state index is 11.8. The lowest BCUT2D eigenvalue weighted by atomic mass is 10.1. The number of hydrogen-bond acceptors (Lipinski definition) is 4. The zero-order valence-corrected chi connectivity index (χ0v) is 12.0. The van der Waals surface area contributed by atoms with Gasteiger partial charge in [0.1, 0.15) is 5.75 Å². The van der Waals surface area contributed by atoms with Crippen molar-refractivity contribution >= 4 is 29.7 Å². The summed E-state index contributed by atoms with van der Waals surface area (Å²) in [6.07, 6.45) is 3.48. The number of rotatable bonds is 5. The van der Waals surface area contributed by atoms with E-state index < -0.39 is 0 Å². The zero-order chi connectivity index (χ0) is 12.1. The molecule has 1 atom stereocenters. The molecule has 0 aliphatic carbocycles. The van der Waals surface area contributed by atoms with Crippen LogP contribution in [0.1, 0.15) is 28.9 Å². The molecule has 2 rings (SSSR count). The number of amides is 1. The van der Waals surface area contributed by atoms with Gasteiger partial charge < -0.3 is 15.4 Å². The van der Waals surface area contributed by atoms with E-state index in [0.717, 1.165) is 25.3 Å². The Labute approximate surface area is 118 Å². The van der Waals surface area contributed by atoms with Crippen LogP contribution in [0.25, 0.3) is 0 Å². The SMILES string of the molecule is COc1csc(C(=O)NCC[C@H]2CCCN2)c1.Cl. The molecule has 1 aliphatic heterocycles. The van der Waals surface area contributed by atoms with Gasteiger partial charge in [-0.15, -0.1) is 23.7 Å². The highest BCUT2D eigenvalue weighted by Crippen LogP contribution is 2.20. The van der Waals surface area contributed by atoms with E-state index in [0.29, 0.717) is 10.9 Å². The number of ether oxygens (including phenoxy) is 1. The van der Waals surface area contributed by atoms with Gasteiger partial charge in [0, 0.05) is 24.0 Å². The van der Waals surface area contributed by atoms with Gasteiger partial charge in [0.25, 0.3) is 5.91 Å². The van der Waals surface area contributed by atoms with Crippen molar-refractivity contribution in [1.82, 2.24) is 10.6 Å². The number of thiophene rings is 1. The second kappa shape index (κ2) is 7.61. The van der Waals surface area contributed by atoms with Gasteiger partial charge >= 0.3 is 0 Å². The van der Waals surface area contributed by atoms with Crippen LogP contribution in [0.15, 0.2) is 11.4 Å². The van der Waals surface area contributed by atoms with Gasteiger partial charge in [-0.2, -0.15) is 0 Å². The van der Waals surface area contributed by atoms with Crippen LogP contribution in [-0.4, -0.2) is 32.1 Å². The first-order valence-corrected chi connectivity index (χ1v) is 6.81. The molecule has 6 heteroatoms. The van der Waals surface area contributed by atoms with Crippen molar-refractivity contribution < 1.29 is 9.53 Å². The standard InChI is InChI=1S/C12H18N2O2S.ClH/c1-16-10-7-11(17-8-10)12(15)14-6-4-9-3-2-5-13-9;/h7-9,13H,2-6H2,1H3,(H,14,15);1H/t9-;/m1./s1. The van der Waals surface area contributed by atoms with Crippen LogP contribution in [0.3, 0.4) is 0 Å². The molecule has 102 valence electrons. The lowest BCUT2D eigenvalue weighted by Gasteiger charge is -2.09. The Morgan fingerprint density at radius 2 is 2.50 bits per heavy atom. The van der Waals surface area contributed by atoms with E-state index in [1.807, 2.05) is 5.38 Å². The van der Waals surface area contributed by atoms with Crippen molar-refractivity contribution in [3.63, 3.8) is 0 Å². The summed E-state index contributed by atoms with van der Waals surface area (Å²) in [6.45, 7) is 1.84. The molecule has 1 aliphatic rings. The fourth-order valence-corrected chi connectivity index (χ4v) is 2.77. The Kier molecular flexibility index (Phi) is 6.46. The topological polar surface area (TPSA) is 50.4 Å². The third-order valence-electron chi connectivity index (χ3n) is 2.98. The molecule has 0 unspecified atom stereocenters. The summed E-state index contributed by atoms with van der Waals surface area (Å²) in [7, 11) is 1.61. The van der Waals surface area contributed by atoms with E-state index in [1.165, 1.54) is 24.2 Å². The fourth-order valence-electron chi connectivity index (χ4n) is 2.00. The van der Waals surface area contributed by atoms with Crippen molar-refractivity contribution in [3.8, 4) is 5.75 Å². The minimum Gasteiger partial charge on any atom is -0.496 e. The third-order valence-corrected chi connectivity index (χ3v) is 3.88. The molecule has 2 N–H and O–H groups in total. The van der Waals surface area contributed by atoms with Gasteiger partial charge in [0.05, 0.1) is 12.0 Å². The summed E-state index contributed by atoms with van der Waals surface area (Å²) in [5, 5.41) is 8.19. The summed E-state index contributed by atoms with van der Waals surface area (Å²) < 4.78 is 5.05.